The Kier molecular flexibility index (Phi) is 6.58. The second kappa shape index (κ2) is 8.67. The molecule has 132 valence electrons. The number of aryl methyl sites for hydroxylation is 2. The van der Waals surface area contributed by atoms with Crippen LogP contribution in [0.5, 0.6) is 0 Å². The molecule has 6 heteroatoms. The van der Waals surface area contributed by atoms with E-state index in [1.165, 1.54) is 0 Å². The quantitative estimate of drug-likeness (QED) is 0.703. The van der Waals surface area contributed by atoms with Crippen molar-refractivity contribution in [2.45, 2.75) is 26.8 Å². The molecule has 2 aromatic carbocycles. The lowest BCUT2D eigenvalue weighted by atomic mass is 10.0. The Hall–Kier alpha value is -2.34. The normalized spacial score (nSPS) is 11.5. The third-order valence-corrected chi connectivity index (χ3v) is 4.37. The fourth-order valence-corrected chi connectivity index (χ4v) is 3.00. The lowest BCUT2D eigenvalue weighted by Gasteiger charge is -2.17. The van der Waals surface area contributed by atoms with Crippen molar-refractivity contribution in [1.29, 1.82) is 0 Å². The van der Waals surface area contributed by atoms with Gasteiger partial charge in [-0.3, -0.25) is 4.79 Å². The van der Waals surface area contributed by atoms with Gasteiger partial charge >= 0.3 is 6.03 Å². The van der Waals surface area contributed by atoms with Gasteiger partial charge in [0, 0.05) is 10.2 Å². The molecule has 0 aliphatic rings. The molecular formula is C19H22BrN3O2. The molecule has 0 heterocycles. The number of amides is 3. The minimum absolute atomic E-state index is 0.0954. The number of hydrogen-bond acceptors (Lipinski definition) is 2. The number of hydrogen-bond donors (Lipinski definition) is 3. The molecule has 0 unspecified atom stereocenters. The van der Waals surface area contributed by atoms with E-state index in [0.717, 1.165) is 26.9 Å². The van der Waals surface area contributed by atoms with E-state index in [4.69, 9.17) is 0 Å². The van der Waals surface area contributed by atoms with E-state index in [-0.39, 0.29) is 24.5 Å². The molecule has 0 saturated heterocycles. The Morgan fingerprint density at radius 1 is 1.08 bits per heavy atom. The Bertz CT molecular complexity index is 777. The largest absolute Gasteiger partial charge is 0.332 e. The first kappa shape index (κ1) is 19.0. The number of urea groups is 1. The molecule has 0 aliphatic heterocycles. The summed E-state index contributed by atoms with van der Waals surface area (Å²) in [4.78, 5) is 24.0. The molecule has 2 rings (SSSR count). The summed E-state index contributed by atoms with van der Waals surface area (Å²) in [5, 5.41) is 8.21. The number of nitrogens with one attached hydrogen (secondary N) is 3. The van der Waals surface area contributed by atoms with Crippen LogP contribution in [0.4, 0.5) is 10.5 Å². The van der Waals surface area contributed by atoms with Crippen LogP contribution in [0.2, 0.25) is 0 Å². The van der Waals surface area contributed by atoms with Crippen molar-refractivity contribution < 1.29 is 9.59 Å². The van der Waals surface area contributed by atoms with Gasteiger partial charge in [0.2, 0.25) is 5.91 Å². The van der Waals surface area contributed by atoms with E-state index in [1.54, 1.807) is 0 Å². The Morgan fingerprint density at radius 3 is 2.48 bits per heavy atom. The van der Waals surface area contributed by atoms with Crippen LogP contribution in [0.25, 0.3) is 0 Å². The van der Waals surface area contributed by atoms with Gasteiger partial charge in [-0.05, 0) is 55.7 Å². The zero-order valence-electron chi connectivity index (χ0n) is 14.5. The van der Waals surface area contributed by atoms with Gasteiger partial charge in [-0.2, -0.15) is 0 Å². The lowest BCUT2D eigenvalue weighted by molar-refractivity contribution is -0.115. The molecule has 0 fully saturated rings. The van der Waals surface area contributed by atoms with Gasteiger partial charge in [0.25, 0.3) is 0 Å². The summed E-state index contributed by atoms with van der Waals surface area (Å²) >= 11 is 3.38. The molecule has 3 amide bonds. The molecule has 3 N–H and O–H groups in total. The smallest absolute Gasteiger partial charge is 0.315 e. The molecule has 0 aromatic heterocycles. The molecule has 25 heavy (non-hydrogen) atoms. The molecule has 5 nitrogen and oxygen atoms in total. The second-order valence-corrected chi connectivity index (χ2v) is 6.83. The zero-order chi connectivity index (χ0) is 18.4. The van der Waals surface area contributed by atoms with Gasteiger partial charge in [-0.25, -0.2) is 4.79 Å². The van der Waals surface area contributed by atoms with Gasteiger partial charge < -0.3 is 16.0 Å². The van der Waals surface area contributed by atoms with Crippen molar-refractivity contribution in [3.8, 4) is 0 Å². The topological polar surface area (TPSA) is 70.2 Å². The van der Waals surface area contributed by atoms with Crippen molar-refractivity contribution in [3.05, 3.63) is 63.6 Å². The first-order valence-corrected chi connectivity index (χ1v) is 8.82. The van der Waals surface area contributed by atoms with E-state index < -0.39 is 0 Å². The van der Waals surface area contributed by atoms with Crippen LogP contribution in [-0.2, 0) is 4.79 Å². The van der Waals surface area contributed by atoms with Crippen molar-refractivity contribution in [2.24, 2.45) is 0 Å². The fourth-order valence-electron chi connectivity index (χ4n) is 2.52. The maximum Gasteiger partial charge on any atom is 0.315 e. The highest BCUT2D eigenvalue weighted by Crippen LogP contribution is 2.20. The van der Waals surface area contributed by atoms with E-state index in [2.05, 4.69) is 31.9 Å². The molecular weight excluding hydrogens is 382 g/mol. The predicted molar refractivity (Wildman–Crippen MR) is 104 cm³/mol. The highest BCUT2D eigenvalue weighted by molar-refractivity contribution is 9.10. The van der Waals surface area contributed by atoms with Crippen molar-refractivity contribution in [3.63, 3.8) is 0 Å². The summed E-state index contributed by atoms with van der Waals surface area (Å²) in [6.45, 7) is 5.72. The summed E-state index contributed by atoms with van der Waals surface area (Å²) in [5.41, 5.74) is 3.83. The van der Waals surface area contributed by atoms with E-state index >= 15 is 0 Å². The van der Waals surface area contributed by atoms with Crippen LogP contribution >= 0.6 is 15.9 Å². The monoisotopic (exact) mass is 403 g/mol. The molecule has 0 aliphatic carbocycles. The first-order valence-electron chi connectivity index (χ1n) is 8.02. The number of benzene rings is 2. The third-order valence-electron chi connectivity index (χ3n) is 3.87. The minimum Gasteiger partial charge on any atom is -0.332 e. The standard InChI is InChI=1S/C19H22BrN3O2/c1-12-6-4-5-7-16(12)14(3)22-19(25)21-11-18(24)23-17-9-8-15(20)10-13(17)2/h4-10,14H,11H2,1-3H3,(H,23,24)(H2,21,22,25)/t14-/m1/s1. The van der Waals surface area contributed by atoms with Crippen molar-refractivity contribution >= 4 is 33.6 Å². The summed E-state index contributed by atoms with van der Waals surface area (Å²) < 4.78 is 0.950. The Morgan fingerprint density at radius 2 is 1.80 bits per heavy atom. The van der Waals surface area contributed by atoms with Crippen LogP contribution < -0.4 is 16.0 Å². The van der Waals surface area contributed by atoms with E-state index in [1.807, 2.05) is 63.2 Å². The van der Waals surface area contributed by atoms with Gasteiger partial charge in [-0.1, -0.05) is 40.2 Å². The molecule has 0 radical (unpaired) electrons. The number of carbonyl (C=O) groups is 2. The SMILES string of the molecule is Cc1cc(Br)ccc1NC(=O)CNC(=O)N[C@H](C)c1ccccc1C. The van der Waals surface area contributed by atoms with Gasteiger partial charge in [0.1, 0.15) is 0 Å². The van der Waals surface area contributed by atoms with Crippen molar-refractivity contribution in [2.75, 3.05) is 11.9 Å². The van der Waals surface area contributed by atoms with Gasteiger partial charge in [0.05, 0.1) is 12.6 Å². The van der Waals surface area contributed by atoms with Crippen LogP contribution in [0.3, 0.4) is 0 Å². The highest BCUT2D eigenvalue weighted by atomic mass is 79.9. The number of anilines is 1. The number of rotatable bonds is 5. The van der Waals surface area contributed by atoms with Gasteiger partial charge in [-0.15, -0.1) is 0 Å². The summed E-state index contributed by atoms with van der Waals surface area (Å²) in [6.07, 6.45) is 0. The van der Waals surface area contributed by atoms with Gasteiger partial charge in [0.15, 0.2) is 0 Å². The number of carbonyl (C=O) groups excluding carboxylic acids is 2. The Balaban J connectivity index is 1.83. The van der Waals surface area contributed by atoms with Crippen molar-refractivity contribution in [1.82, 2.24) is 10.6 Å². The lowest BCUT2D eigenvalue weighted by Crippen LogP contribution is -2.41. The maximum absolute atomic E-state index is 12.0. The minimum atomic E-state index is -0.376. The van der Waals surface area contributed by atoms with E-state index in [0.29, 0.717) is 0 Å². The summed E-state index contributed by atoms with van der Waals surface area (Å²) in [6, 6.07) is 12.9. The molecule has 1 atom stereocenters. The maximum atomic E-state index is 12.0. The van der Waals surface area contributed by atoms with Crippen LogP contribution in [-0.4, -0.2) is 18.5 Å². The Labute approximate surface area is 156 Å². The molecule has 0 spiro atoms. The summed E-state index contributed by atoms with van der Waals surface area (Å²) in [5.74, 6) is -0.274. The highest BCUT2D eigenvalue weighted by Gasteiger charge is 2.12. The number of halogens is 1. The third kappa shape index (κ3) is 5.60. The average molecular weight is 404 g/mol. The fraction of sp³-hybridized carbons (Fsp3) is 0.263. The second-order valence-electron chi connectivity index (χ2n) is 5.91. The van der Waals surface area contributed by atoms with Crippen LogP contribution in [0.1, 0.15) is 29.7 Å². The predicted octanol–water partition coefficient (Wildman–Crippen LogP) is 4.06. The average Bonchev–Trinajstić information content (AvgIpc) is 2.56. The first-order chi connectivity index (χ1) is 11.9. The molecule has 2 aromatic rings. The molecule has 0 bridgehead atoms. The van der Waals surface area contributed by atoms with Crippen LogP contribution in [0.15, 0.2) is 46.9 Å². The van der Waals surface area contributed by atoms with Crippen LogP contribution in [0, 0.1) is 13.8 Å². The summed E-state index contributed by atoms with van der Waals surface area (Å²) in [7, 11) is 0. The zero-order valence-corrected chi connectivity index (χ0v) is 16.1. The molecule has 0 saturated carbocycles. The van der Waals surface area contributed by atoms with E-state index in [9.17, 15) is 9.59 Å².